The first kappa shape index (κ1) is 14.1. The fraction of sp³-hybridized carbons (Fsp3) is 0.235. The first-order chi connectivity index (χ1) is 10.1. The van der Waals surface area contributed by atoms with Crippen LogP contribution in [-0.4, -0.2) is 12.5 Å². The summed E-state index contributed by atoms with van der Waals surface area (Å²) < 4.78 is 0.812. The Bertz CT molecular complexity index is 699. The number of nitrogen functional groups attached to an aromatic ring is 1. The van der Waals surface area contributed by atoms with Gasteiger partial charge in [-0.15, -0.1) is 0 Å². The topological polar surface area (TPSA) is 46.3 Å². The second-order valence-electron chi connectivity index (χ2n) is 5.59. The largest absolute Gasteiger partial charge is 0.398 e. The zero-order chi connectivity index (χ0) is 15.0. The highest BCUT2D eigenvalue weighted by atomic mass is 79.9. The number of anilines is 2. The van der Waals surface area contributed by atoms with Crippen molar-refractivity contribution in [3.8, 4) is 0 Å². The zero-order valence-electron chi connectivity index (χ0n) is 11.8. The number of rotatable bonds is 1. The van der Waals surface area contributed by atoms with E-state index < -0.39 is 0 Å². The number of carbonyl (C=O) groups is 1. The van der Waals surface area contributed by atoms with Crippen LogP contribution >= 0.6 is 15.9 Å². The Labute approximate surface area is 132 Å². The third-order valence-electron chi connectivity index (χ3n) is 3.83. The summed E-state index contributed by atoms with van der Waals surface area (Å²) in [6, 6.07) is 13.5. The third-order valence-corrected chi connectivity index (χ3v) is 4.56. The maximum atomic E-state index is 12.8. The molecule has 0 bridgehead atoms. The summed E-state index contributed by atoms with van der Waals surface area (Å²) in [7, 11) is 0. The van der Waals surface area contributed by atoms with Crippen molar-refractivity contribution < 1.29 is 4.79 Å². The van der Waals surface area contributed by atoms with Gasteiger partial charge in [-0.3, -0.25) is 4.79 Å². The van der Waals surface area contributed by atoms with Crippen molar-refractivity contribution in [2.45, 2.75) is 13.3 Å². The summed E-state index contributed by atoms with van der Waals surface area (Å²) >= 11 is 3.36. The Morgan fingerprint density at radius 1 is 1.29 bits per heavy atom. The number of amides is 1. The second-order valence-corrected chi connectivity index (χ2v) is 6.44. The molecule has 0 fully saturated rings. The van der Waals surface area contributed by atoms with Gasteiger partial charge in [0, 0.05) is 28.0 Å². The minimum atomic E-state index is 0.00759. The van der Waals surface area contributed by atoms with Crippen molar-refractivity contribution in [3.05, 3.63) is 58.1 Å². The van der Waals surface area contributed by atoms with Crippen LogP contribution in [0.2, 0.25) is 0 Å². The maximum absolute atomic E-state index is 12.8. The minimum absolute atomic E-state index is 0.00759. The number of nitrogens with zero attached hydrogens (tertiary/aromatic N) is 1. The van der Waals surface area contributed by atoms with Gasteiger partial charge in [-0.2, -0.15) is 0 Å². The summed E-state index contributed by atoms with van der Waals surface area (Å²) in [5.41, 5.74) is 9.35. The van der Waals surface area contributed by atoms with Crippen LogP contribution in [-0.2, 0) is 6.42 Å². The van der Waals surface area contributed by atoms with E-state index in [0.29, 0.717) is 17.2 Å². The molecule has 0 radical (unpaired) electrons. The van der Waals surface area contributed by atoms with Gasteiger partial charge in [-0.05, 0) is 58.1 Å². The first-order valence-electron chi connectivity index (χ1n) is 7.01. The number of nitrogens with two attached hydrogens (primary N) is 1. The smallest absolute Gasteiger partial charge is 0.258 e. The quantitative estimate of drug-likeness (QED) is 0.798. The molecule has 0 aromatic heterocycles. The molecule has 1 aliphatic rings. The molecule has 2 aromatic rings. The van der Waals surface area contributed by atoms with Gasteiger partial charge in [0.25, 0.3) is 5.91 Å². The van der Waals surface area contributed by atoms with Gasteiger partial charge in [-0.1, -0.05) is 25.1 Å². The van der Waals surface area contributed by atoms with Gasteiger partial charge in [0.15, 0.2) is 0 Å². The summed E-state index contributed by atoms with van der Waals surface area (Å²) in [5.74, 6) is 0.463. The molecule has 0 saturated heterocycles. The molecule has 3 nitrogen and oxygen atoms in total. The van der Waals surface area contributed by atoms with Gasteiger partial charge in [0.05, 0.1) is 0 Å². The average Bonchev–Trinajstić information content (AvgIpc) is 2.48. The Hall–Kier alpha value is -1.81. The van der Waals surface area contributed by atoms with Gasteiger partial charge < -0.3 is 10.6 Å². The first-order valence-corrected chi connectivity index (χ1v) is 7.80. The number of benzene rings is 2. The number of fused-ring (bicyclic) bond motifs is 1. The van der Waals surface area contributed by atoms with Crippen molar-refractivity contribution in [2.75, 3.05) is 17.2 Å². The molecule has 2 aromatic carbocycles. The van der Waals surface area contributed by atoms with Crippen LogP contribution in [0.15, 0.2) is 46.9 Å². The Balaban J connectivity index is 1.99. The molecule has 1 unspecified atom stereocenters. The highest BCUT2D eigenvalue weighted by molar-refractivity contribution is 9.10. The zero-order valence-corrected chi connectivity index (χ0v) is 13.4. The van der Waals surface area contributed by atoms with E-state index in [4.69, 9.17) is 5.73 Å². The number of halogens is 1. The molecule has 3 rings (SSSR count). The average molecular weight is 345 g/mol. The molecule has 1 atom stereocenters. The predicted molar refractivity (Wildman–Crippen MR) is 89.5 cm³/mol. The molecule has 1 amide bonds. The lowest BCUT2D eigenvalue weighted by atomic mass is 9.93. The van der Waals surface area contributed by atoms with Gasteiger partial charge in [-0.25, -0.2) is 0 Å². The molecule has 0 spiro atoms. The maximum Gasteiger partial charge on any atom is 0.258 e. The lowest BCUT2D eigenvalue weighted by Gasteiger charge is -2.33. The molecule has 21 heavy (non-hydrogen) atoms. The lowest BCUT2D eigenvalue weighted by Crippen LogP contribution is -2.39. The van der Waals surface area contributed by atoms with Crippen LogP contribution in [0.5, 0.6) is 0 Å². The third kappa shape index (κ3) is 2.68. The van der Waals surface area contributed by atoms with E-state index in [1.165, 1.54) is 5.56 Å². The van der Waals surface area contributed by atoms with E-state index >= 15 is 0 Å². The van der Waals surface area contributed by atoms with E-state index in [0.717, 1.165) is 23.1 Å². The molecule has 4 heteroatoms. The molecule has 1 heterocycles. The van der Waals surface area contributed by atoms with Crippen molar-refractivity contribution in [1.29, 1.82) is 0 Å². The molecule has 2 N–H and O–H groups in total. The van der Waals surface area contributed by atoms with Crippen LogP contribution in [0.4, 0.5) is 11.4 Å². The van der Waals surface area contributed by atoms with Crippen molar-refractivity contribution >= 4 is 33.2 Å². The molecule has 0 aliphatic carbocycles. The van der Waals surface area contributed by atoms with Gasteiger partial charge in [0.1, 0.15) is 0 Å². The molecule has 0 saturated carbocycles. The highest BCUT2D eigenvalue weighted by Crippen LogP contribution is 2.31. The Kier molecular flexibility index (Phi) is 3.72. The monoisotopic (exact) mass is 344 g/mol. The highest BCUT2D eigenvalue weighted by Gasteiger charge is 2.26. The second kappa shape index (κ2) is 5.53. The number of hydrogen-bond donors (Lipinski definition) is 1. The Morgan fingerprint density at radius 2 is 2.05 bits per heavy atom. The van der Waals surface area contributed by atoms with Crippen LogP contribution in [0.25, 0.3) is 0 Å². The normalized spacial score (nSPS) is 17.4. The number of hydrogen-bond acceptors (Lipinski definition) is 2. The fourth-order valence-electron chi connectivity index (χ4n) is 2.82. The van der Waals surface area contributed by atoms with Gasteiger partial charge in [0.2, 0.25) is 0 Å². The molecular formula is C17H17BrN2O. The fourth-order valence-corrected chi connectivity index (χ4v) is 3.07. The van der Waals surface area contributed by atoms with Crippen molar-refractivity contribution in [2.24, 2.45) is 5.92 Å². The summed E-state index contributed by atoms with van der Waals surface area (Å²) in [4.78, 5) is 14.7. The SMILES string of the molecule is CC1Cc2ccccc2N(C(=O)c2ccc(Br)c(N)c2)C1. The van der Waals surface area contributed by atoms with Crippen LogP contribution < -0.4 is 10.6 Å². The summed E-state index contributed by atoms with van der Waals surface area (Å²) in [5, 5.41) is 0. The van der Waals surface area contributed by atoms with E-state index in [1.807, 2.05) is 35.2 Å². The summed E-state index contributed by atoms with van der Waals surface area (Å²) in [6.45, 7) is 2.91. The lowest BCUT2D eigenvalue weighted by molar-refractivity contribution is 0.0981. The minimum Gasteiger partial charge on any atom is -0.398 e. The molecule has 108 valence electrons. The van der Waals surface area contributed by atoms with Crippen molar-refractivity contribution in [3.63, 3.8) is 0 Å². The predicted octanol–water partition coefficient (Wildman–Crippen LogP) is 3.87. The standard InChI is InChI=1S/C17H17BrN2O/c1-11-8-12-4-2-3-5-16(12)20(10-11)17(21)13-6-7-14(18)15(19)9-13/h2-7,9,11H,8,10,19H2,1H3. The molecular weight excluding hydrogens is 328 g/mol. The Morgan fingerprint density at radius 3 is 2.81 bits per heavy atom. The van der Waals surface area contributed by atoms with E-state index in [-0.39, 0.29) is 5.91 Å². The molecule has 1 aliphatic heterocycles. The van der Waals surface area contributed by atoms with E-state index in [9.17, 15) is 4.79 Å². The summed E-state index contributed by atoms with van der Waals surface area (Å²) in [6.07, 6.45) is 1.02. The van der Waals surface area contributed by atoms with E-state index in [1.54, 1.807) is 6.07 Å². The van der Waals surface area contributed by atoms with Gasteiger partial charge >= 0.3 is 0 Å². The number of para-hydroxylation sites is 1. The van der Waals surface area contributed by atoms with Crippen LogP contribution in [0.1, 0.15) is 22.8 Å². The van der Waals surface area contributed by atoms with Crippen molar-refractivity contribution in [1.82, 2.24) is 0 Å². The number of carbonyl (C=O) groups excluding carboxylic acids is 1. The van der Waals surface area contributed by atoms with Crippen LogP contribution in [0.3, 0.4) is 0 Å². The van der Waals surface area contributed by atoms with Crippen LogP contribution in [0, 0.1) is 5.92 Å². The van der Waals surface area contributed by atoms with E-state index in [2.05, 4.69) is 28.9 Å².